The lowest BCUT2D eigenvalue weighted by Crippen LogP contribution is -1.89. The molecule has 16 heteroatoms. The first-order valence-electron chi connectivity index (χ1n) is 15.9. The first-order valence-corrected chi connectivity index (χ1v) is 21.2. The standard InChI is InChI=1S/C19H27N5S3.C14H9N5S3/c1-2-3-4-5-6-7-8-9-10-11-14-25-18-23-24-19(27-18)26-17-16(15-20)21-12-13-22-17;15-8-11-12(17-7-6-16-11)21-14-19-18-13(22-14)20-9-10-4-2-1-3-5-10/h12-13H,2-11,14H2,1H3;1-7H,9H2. The molecule has 254 valence electrons. The van der Waals surface area contributed by atoms with Gasteiger partial charge in [0.2, 0.25) is 0 Å². The van der Waals surface area contributed by atoms with Crippen LogP contribution in [0.3, 0.4) is 0 Å². The Bertz CT molecular complexity index is 1750. The van der Waals surface area contributed by atoms with Gasteiger partial charge in [-0.05, 0) is 35.5 Å². The fourth-order valence-electron chi connectivity index (χ4n) is 4.18. The maximum Gasteiger partial charge on any atom is 0.181 e. The number of thioether (sulfide) groups is 2. The molecular weight excluding hydrogens is 729 g/mol. The molecule has 0 bridgehead atoms. The van der Waals surface area contributed by atoms with E-state index in [-0.39, 0.29) is 0 Å². The molecule has 0 fully saturated rings. The molecule has 0 aliphatic rings. The van der Waals surface area contributed by atoms with Gasteiger partial charge in [-0.15, -0.1) is 20.4 Å². The highest BCUT2D eigenvalue weighted by atomic mass is 32.2. The van der Waals surface area contributed by atoms with Gasteiger partial charge in [0, 0.05) is 36.3 Å². The lowest BCUT2D eigenvalue weighted by molar-refractivity contribution is 0.563. The highest BCUT2D eigenvalue weighted by Gasteiger charge is 2.13. The Morgan fingerprint density at radius 1 is 0.571 bits per heavy atom. The summed E-state index contributed by atoms with van der Waals surface area (Å²) in [6, 6.07) is 14.3. The maximum absolute atomic E-state index is 9.07. The predicted molar refractivity (Wildman–Crippen MR) is 200 cm³/mol. The lowest BCUT2D eigenvalue weighted by atomic mass is 10.1. The maximum atomic E-state index is 9.07. The summed E-state index contributed by atoms with van der Waals surface area (Å²) >= 11 is 9.13. The quantitative estimate of drug-likeness (QED) is 0.0579. The Morgan fingerprint density at radius 2 is 1.04 bits per heavy atom. The van der Waals surface area contributed by atoms with E-state index in [9.17, 15) is 0 Å². The Morgan fingerprint density at radius 3 is 1.57 bits per heavy atom. The zero-order valence-corrected chi connectivity index (χ0v) is 32.0. The van der Waals surface area contributed by atoms with Gasteiger partial charge in [-0.3, -0.25) is 0 Å². The van der Waals surface area contributed by atoms with Crippen molar-refractivity contribution in [3.05, 3.63) is 72.1 Å². The van der Waals surface area contributed by atoms with Crippen LogP contribution in [0.1, 0.15) is 88.1 Å². The monoisotopic (exact) mass is 764 g/mol. The van der Waals surface area contributed by atoms with E-state index in [1.54, 1.807) is 47.3 Å². The summed E-state index contributed by atoms with van der Waals surface area (Å²) in [6.07, 6.45) is 19.7. The molecule has 4 heterocycles. The second-order valence-corrected chi connectivity index (χ2v) is 17.3. The molecule has 10 nitrogen and oxygen atoms in total. The van der Waals surface area contributed by atoms with Crippen LogP contribution in [-0.2, 0) is 5.75 Å². The van der Waals surface area contributed by atoms with E-state index < -0.39 is 0 Å². The summed E-state index contributed by atoms with van der Waals surface area (Å²) in [4.78, 5) is 16.4. The summed E-state index contributed by atoms with van der Waals surface area (Å²) in [5.74, 6) is 1.94. The van der Waals surface area contributed by atoms with Crippen molar-refractivity contribution in [2.75, 3.05) is 5.75 Å². The molecule has 0 aliphatic heterocycles. The first kappa shape index (κ1) is 38.7. The molecule has 0 saturated heterocycles. The van der Waals surface area contributed by atoms with E-state index in [1.807, 2.05) is 24.3 Å². The Hall–Kier alpha value is -3.12. The number of nitriles is 2. The third-order valence-corrected chi connectivity index (χ3v) is 13.0. The Balaban J connectivity index is 0.000000225. The van der Waals surface area contributed by atoms with Gasteiger partial charge in [0.25, 0.3) is 0 Å². The molecule has 0 amide bonds. The van der Waals surface area contributed by atoms with E-state index in [1.165, 1.54) is 117 Å². The fraction of sp³-hybridized carbons (Fsp3) is 0.394. The van der Waals surface area contributed by atoms with Crippen molar-refractivity contribution in [3.8, 4) is 12.1 Å². The first-order chi connectivity index (χ1) is 24.2. The van der Waals surface area contributed by atoms with Gasteiger partial charge >= 0.3 is 0 Å². The third kappa shape index (κ3) is 14.7. The van der Waals surface area contributed by atoms with Crippen LogP contribution in [-0.4, -0.2) is 46.1 Å². The highest BCUT2D eigenvalue weighted by Crippen LogP contribution is 2.35. The molecule has 1 aromatic carbocycles. The molecule has 4 aromatic heterocycles. The molecule has 0 radical (unpaired) electrons. The zero-order valence-electron chi connectivity index (χ0n) is 27.1. The smallest absolute Gasteiger partial charge is 0.181 e. The largest absolute Gasteiger partial charge is 0.245 e. The summed E-state index contributed by atoms with van der Waals surface area (Å²) in [5.41, 5.74) is 1.89. The molecule has 0 atom stereocenters. The second-order valence-electron chi connectivity index (χ2n) is 10.3. The molecule has 0 unspecified atom stereocenters. The van der Waals surface area contributed by atoms with Crippen molar-refractivity contribution in [2.45, 2.75) is 104 Å². The summed E-state index contributed by atoms with van der Waals surface area (Å²) in [7, 11) is 0. The van der Waals surface area contributed by atoms with E-state index in [4.69, 9.17) is 10.5 Å². The van der Waals surface area contributed by atoms with Crippen LogP contribution in [0.2, 0.25) is 0 Å². The third-order valence-electron chi connectivity index (χ3n) is 6.61. The van der Waals surface area contributed by atoms with Crippen molar-refractivity contribution in [1.82, 2.24) is 40.3 Å². The van der Waals surface area contributed by atoms with Gasteiger partial charge in [0.1, 0.15) is 22.2 Å². The second kappa shape index (κ2) is 23.3. The molecule has 49 heavy (non-hydrogen) atoms. The molecular formula is C33H36N10S6. The van der Waals surface area contributed by atoms with Crippen molar-refractivity contribution in [3.63, 3.8) is 0 Å². The van der Waals surface area contributed by atoms with E-state index in [0.717, 1.165) is 28.9 Å². The lowest BCUT2D eigenvalue weighted by Gasteiger charge is -2.01. The molecule has 0 spiro atoms. The fourth-order valence-corrected chi connectivity index (χ4v) is 10.1. The Kier molecular flexibility index (Phi) is 18.4. The van der Waals surface area contributed by atoms with Crippen molar-refractivity contribution < 1.29 is 0 Å². The molecule has 0 aliphatic carbocycles. The van der Waals surface area contributed by atoms with Gasteiger partial charge in [-0.25, -0.2) is 19.9 Å². The average molecular weight is 765 g/mol. The number of unbranched alkanes of at least 4 members (excludes halogenated alkanes) is 9. The van der Waals surface area contributed by atoms with Crippen molar-refractivity contribution >= 4 is 69.7 Å². The molecule has 0 N–H and O–H groups in total. The van der Waals surface area contributed by atoms with Gasteiger partial charge in [0.15, 0.2) is 28.7 Å². The minimum absolute atomic E-state index is 0.307. The van der Waals surface area contributed by atoms with E-state index >= 15 is 0 Å². The van der Waals surface area contributed by atoms with Crippen LogP contribution in [0.15, 0.2) is 82.5 Å². The van der Waals surface area contributed by atoms with E-state index in [0.29, 0.717) is 21.4 Å². The molecule has 5 rings (SSSR count). The molecule has 0 saturated carbocycles. The van der Waals surface area contributed by atoms with Gasteiger partial charge < -0.3 is 0 Å². The summed E-state index contributed by atoms with van der Waals surface area (Å²) in [6.45, 7) is 2.27. The normalized spacial score (nSPS) is 10.6. The molecule has 5 aromatic rings. The van der Waals surface area contributed by atoms with Gasteiger partial charge in [-0.2, -0.15) is 10.5 Å². The minimum Gasteiger partial charge on any atom is -0.245 e. The van der Waals surface area contributed by atoms with Crippen LogP contribution in [0.5, 0.6) is 0 Å². The van der Waals surface area contributed by atoms with Crippen LogP contribution in [0, 0.1) is 22.7 Å². The van der Waals surface area contributed by atoms with Gasteiger partial charge in [0.05, 0.1) is 0 Å². The number of hydrogen-bond acceptors (Lipinski definition) is 16. The van der Waals surface area contributed by atoms with Crippen LogP contribution >= 0.6 is 69.7 Å². The number of hydrogen-bond donors (Lipinski definition) is 0. The van der Waals surface area contributed by atoms with Gasteiger partial charge in [-0.1, -0.05) is 141 Å². The van der Waals surface area contributed by atoms with Crippen LogP contribution in [0.4, 0.5) is 0 Å². The summed E-state index contributed by atoms with van der Waals surface area (Å²) < 4.78 is 3.44. The minimum atomic E-state index is 0.307. The topological polar surface area (TPSA) is 151 Å². The summed E-state index contributed by atoms with van der Waals surface area (Å²) in [5, 5.41) is 35.9. The Labute approximate surface area is 312 Å². The number of rotatable bonds is 19. The van der Waals surface area contributed by atoms with E-state index in [2.05, 4.69) is 65.5 Å². The van der Waals surface area contributed by atoms with Crippen LogP contribution in [0.25, 0.3) is 0 Å². The zero-order chi connectivity index (χ0) is 34.4. The number of aromatic nitrogens is 8. The number of nitrogens with zero attached hydrogens (tertiary/aromatic N) is 10. The SMILES string of the molecule is CCCCCCCCCCCCSc1nnc(Sc2nccnc2C#N)s1.N#Cc1nccnc1Sc1nnc(SCc2ccccc2)s1. The predicted octanol–water partition coefficient (Wildman–Crippen LogP) is 10.0. The number of benzene rings is 1. The van der Waals surface area contributed by atoms with Crippen molar-refractivity contribution in [1.29, 1.82) is 10.5 Å². The van der Waals surface area contributed by atoms with Crippen molar-refractivity contribution in [2.24, 2.45) is 0 Å². The average Bonchev–Trinajstić information content (AvgIpc) is 3.80. The van der Waals surface area contributed by atoms with Crippen LogP contribution < -0.4 is 0 Å². The highest BCUT2D eigenvalue weighted by molar-refractivity contribution is 8.03.